The third-order valence-corrected chi connectivity index (χ3v) is 5.98. The zero-order chi connectivity index (χ0) is 16.4. The van der Waals surface area contributed by atoms with Crippen LogP contribution in [0.15, 0.2) is 53.4 Å². The van der Waals surface area contributed by atoms with E-state index in [4.69, 9.17) is 9.47 Å². The minimum Gasteiger partial charge on any atom is -0.497 e. The van der Waals surface area contributed by atoms with Crippen molar-refractivity contribution < 1.29 is 17.9 Å². The normalized spacial score (nSPS) is 17.4. The summed E-state index contributed by atoms with van der Waals surface area (Å²) >= 11 is 0. The molecule has 0 fully saturated rings. The summed E-state index contributed by atoms with van der Waals surface area (Å²) in [6, 6.07) is 13.8. The van der Waals surface area contributed by atoms with E-state index in [0.29, 0.717) is 18.8 Å². The van der Waals surface area contributed by atoms with Crippen LogP contribution in [0.5, 0.6) is 11.5 Å². The Morgan fingerprint density at radius 3 is 2.52 bits per heavy atom. The quantitative estimate of drug-likeness (QED) is 0.863. The summed E-state index contributed by atoms with van der Waals surface area (Å²) in [5, 5.41) is 0. The van der Waals surface area contributed by atoms with Crippen LogP contribution in [0.25, 0.3) is 0 Å². The topological polar surface area (TPSA) is 55.8 Å². The van der Waals surface area contributed by atoms with Crippen LogP contribution in [0.2, 0.25) is 0 Å². The molecule has 6 heteroatoms. The molecule has 1 unspecified atom stereocenters. The molecule has 1 aliphatic rings. The Labute approximate surface area is 136 Å². The van der Waals surface area contributed by atoms with Crippen LogP contribution in [0.4, 0.5) is 0 Å². The Morgan fingerprint density at radius 2 is 1.83 bits per heavy atom. The number of para-hydroxylation sites is 1. The number of nitrogens with zero attached hydrogens (tertiary/aromatic N) is 1. The maximum absolute atomic E-state index is 12.9. The van der Waals surface area contributed by atoms with Gasteiger partial charge >= 0.3 is 0 Å². The number of benzene rings is 2. The van der Waals surface area contributed by atoms with Crippen molar-refractivity contribution in [1.29, 1.82) is 0 Å². The van der Waals surface area contributed by atoms with Gasteiger partial charge in [-0.3, -0.25) is 0 Å². The van der Waals surface area contributed by atoms with Crippen LogP contribution in [0.3, 0.4) is 0 Å². The molecule has 0 amide bonds. The highest BCUT2D eigenvalue weighted by Crippen LogP contribution is 2.37. The first-order valence-corrected chi connectivity index (χ1v) is 8.82. The van der Waals surface area contributed by atoms with Crippen molar-refractivity contribution in [2.24, 2.45) is 0 Å². The summed E-state index contributed by atoms with van der Waals surface area (Å²) in [7, 11) is -0.416. The molecule has 3 rings (SSSR count). The van der Waals surface area contributed by atoms with Crippen molar-refractivity contribution in [3.05, 3.63) is 54.1 Å². The Bertz CT molecular complexity index is 786. The van der Waals surface area contributed by atoms with Crippen molar-refractivity contribution >= 4 is 10.0 Å². The highest BCUT2D eigenvalue weighted by molar-refractivity contribution is 7.89. The standard InChI is InChI=1S/C17H19NO4S/c1-18(16-11-12-22-17-6-4-3-5-15(16)17)23(19,20)14-9-7-13(21-2)8-10-14/h3-10,16H,11-12H2,1-2H3. The Balaban J connectivity index is 1.94. The Kier molecular flexibility index (Phi) is 4.28. The van der Waals surface area contributed by atoms with E-state index < -0.39 is 10.0 Å². The molecular formula is C17H19NO4S. The number of fused-ring (bicyclic) bond motifs is 1. The molecule has 0 saturated carbocycles. The summed E-state index contributed by atoms with van der Waals surface area (Å²) < 4.78 is 37.9. The molecule has 5 nitrogen and oxygen atoms in total. The van der Waals surface area contributed by atoms with E-state index >= 15 is 0 Å². The van der Waals surface area contributed by atoms with Gasteiger partial charge < -0.3 is 9.47 Å². The molecule has 0 aliphatic carbocycles. The lowest BCUT2D eigenvalue weighted by atomic mass is 10.0. The molecule has 1 atom stereocenters. The zero-order valence-corrected chi connectivity index (χ0v) is 13.9. The Morgan fingerprint density at radius 1 is 1.13 bits per heavy atom. The van der Waals surface area contributed by atoms with Gasteiger partial charge in [0.25, 0.3) is 0 Å². The fourth-order valence-electron chi connectivity index (χ4n) is 2.78. The van der Waals surface area contributed by atoms with E-state index in [1.54, 1.807) is 38.4 Å². The average Bonchev–Trinajstić information content (AvgIpc) is 2.60. The summed E-state index contributed by atoms with van der Waals surface area (Å²) in [6.07, 6.45) is 0.628. The first-order chi connectivity index (χ1) is 11.0. The van der Waals surface area contributed by atoms with Crippen LogP contribution < -0.4 is 9.47 Å². The van der Waals surface area contributed by atoms with Crippen LogP contribution in [-0.2, 0) is 10.0 Å². The first kappa shape index (κ1) is 15.8. The van der Waals surface area contributed by atoms with E-state index in [9.17, 15) is 8.42 Å². The molecule has 2 aromatic carbocycles. The van der Waals surface area contributed by atoms with E-state index in [-0.39, 0.29) is 10.9 Å². The fraction of sp³-hybridized carbons (Fsp3) is 0.294. The number of hydrogen-bond donors (Lipinski definition) is 0. The van der Waals surface area contributed by atoms with E-state index in [1.165, 1.54) is 4.31 Å². The second-order valence-electron chi connectivity index (χ2n) is 5.39. The molecule has 122 valence electrons. The highest BCUT2D eigenvalue weighted by Gasteiger charge is 2.32. The number of hydrogen-bond acceptors (Lipinski definition) is 4. The van der Waals surface area contributed by atoms with E-state index in [0.717, 1.165) is 11.3 Å². The average molecular weight is 333 g/mol. The van der Waals surface area contributed by atoms with Gasteiger partial charge in [0.15, 0.2) is 0 Å². The van der Waals surface area contributed by atoms with Gasteiger partial charge in [0.1, 0.15) is 11.5 Å². The second-order valence-corrected chi connectivity index (χ2v) is 7.39. The molecule has 1 heterocycles. The Hall–Kier alpha value is -2.05. The number of rotatable bonds is 4. The second kappa shape index (κ2) is 6.22. The minimum absolute atomic E-state index is 0.230. The van der Waals surface area contributed by atoms with Crippen molar-refractivity contribution in [1.82, 2.24) is 4.31 Å². The molecule has 0 saturated heterocycles. The lowest BCUT2D eigenvalue weighted by Gasteiger charge is -2.32. The number of sulfonamides is 1. The summed E-state index contributed by atoms with van der Waals surface area (Å²) in [5.41, 5.74) is 0.901. The van der Waals surface area contributed by atoms with Gasteiger partial charge in [-0.2, -0.15) is 4.31 Å². The largest absolute Gasteiger partial charge is 0.497 e. The first-order valence-electron chi connectivity index (χ1n) is 7.38. The van der Waals surface area contributed by atoms with Gasteiger partial charge in [0.2, 0.25) is 10.0 Å². The van der Waals surface area contributed by atoms with Gasteiger partial charge in [0.05, 0.1) is 24.7 Å². The van der Waals surface area contributed by atoms with Crippen molar-refractivity contribution in [2.75, 3.05) is 20.8 Å². The lowest BCUT2D eigenvalue weighted by molar-refractivity contribution is 0.221. The molecule has 0 spiro atoms. The van der Waals surface area contributed by atoms with Crippen molar-refractivity contribution in [3.63, 3.8) is 0 Å². The lowest BCUT2D eigenvalue weighted by Crippen LogP contribution is -2.34. The molecule has 2 aromatic rings. The minimum atomic E-state index is -3.58. The smallest absolute Gasteiger partial charge is 0.243 e. The van der Waals surface area contributed by atoms with E-state index in [1.807, 2.05) is 24.3 Å². The monoisotopic (exact) mass is 333 g/mol. The molecular weight excluding hydrogens is 314 g/mol. The van der Waals surface area contributed by atoms with Crippen LogP contribution in [-0.4, -0.2) is 33.5 Å². The number of ether oxygens (including phenoxy) is 2. The maximum Gasteiger partial charge on any atom is 0.243 e. The summed E-state index contributed by atoms with van der Waals surface area (Å²) in [6.45, 7) is 0.504. The predicted octanol–water partition coefficient (Wildman–Crippen LogP) is 2.84. The zero-order valence-electron chi connectivity index (χ0n) is 13.1. The third kappa shape index (κ3) is 2.92. The van der Waals surface area contributed by atoms with Crippen LogP contribution in [0, 0.1) is 0 Å². The molecule has 0 bridgehead atoms. The SMILES string of the molecule is COc1ccc(S(=O)(=O)N(C)C2CCOc3ccccc32)cc1. The van der Waals surface area contributed by atoms with Gasteiger partial charge in [-0.1, -0.05) is 18.2 Å². The summed E-state index contributed by atoms with van der Waals surface area (Å²) in [5.74, 6) is 1.38. The highest BCUT2D eigenvalue weighted by atomic mass is 32.2. The predicted molar refractivity (Wildman–Crippen MR) is 87.2 cm³/mol. The maximum atomic E-state index is 12.9. The molecule has 23 heavy (non-hydrogen) atoms. The van der Waals surface area contributed by atoms with Crippen LogP contribution >= 0.6 is 0 Å². The van der Waals surface area contributed by atoms with Gasteiger partial charge in [-0.05, 0) is 30.3 Å². The molecule has 0 N–H and O–H groups in total. The van der Waals surface area contributed by atoms with Crippen LogP contribution in [0.1, 0.15) is 18.0 Å². The van der Waals surface area contributed by atoms with E-state index in [2.05, 4.69) is 0 Å². The van der Waals surface area contributed by atoms with Crippen molar-refractivity contribution in [3.8, 4) is 11.5 Å². The fourth-order valence-corrected chi connectivity index (χ4v) is 4.15. The molecule has 0 radical (unpaired) electrons. The van der Waals surface area contributed by atoms with Gasteiger partial charge in [-0.15, -0.1) is 0 Å². The van der Waals surface area contributed by atoms with Gasteiger partial charge in [0, 0.05) is 19.0 Å². The van der Waals surface area contributed by atoms with Gasteiger partial charge in [-0.25, -0.2) is 8.42 Å². The molecule has 1 aliphatic heterocycles. The third-order valence-electron chi connectivity index (χ3n) is 4.10. The summed E-state index contributed by atoms with van der Waals surface area (Å²) in [4.78, 5) is 0.254. The molecule has 0 aromatic heterocycles. The van der Waals surface area contributed by atoms with Crippen molar-refractivity contribution in [2.45, 2.75) is 17.4 Å². The number of methoxy groups -OCH3 is 1.